The maximum Gasteiger partial charge on any atom is 0.323 e. The molecule has 1 amide bonds. The Morgan fingerprint density at radius 2 is 2.07 bits per heavy atom. The molecule has 3 fully saturated rings. The first-order valence-corrected chi connectivity index (χ1v) is 10.5. The fraction of sp³-hybridized carbons (Fsp3) is 0.619. The molecule has 5 rings (SSSR count). The number of carbonyl (C=O) groups is 1. The number of aliphatic hydroxyl groups excluding tert-OH is 1. The molecule has 29 heavy (non-hydrogen) atoms. The summed E-state index contributed by atoms with van der Waals surface area (Å²) in [5, 5.41) is 14.0. The molecule has 3 bridgehead atoms. The zero-order chi connectivity index (χ0) is 20.3. The highest BCUT2D eigenvalue weighted by atomic mass is 16.3. The molecule has 2 saturated heterocycles. The molecule has 4 N–H and O–H groups in total. The summed E-state index contributed by atoms with van der Waals surface area (Å²) >= 11 is 0. The van der Waals surface area contributed by atoms with Gasteiger partial charge in [-0.2, -0.15) is 0 Å². The average molecular weight is 399 g/mol. The van der Waals surface area contributed by atoms with Crippen LogP contribution in [0.3, 0.4) is 0 Å². The van der Waals surface area contributed by atoms with Crippen LogP contribution in [0.2, 0.25) is 0 Å². The van der Waals surface area contributed by atoms with Crippen LogP contribution in [0, 0.1) is 11.3 Å². The summed E-state index contributed by atoms with van der Waals surface area (Å²) < 4.78 is 0. The Morgan fingerprint density at radius 1 is 1.28 bits per heavy atom. The van der Waals surface area contributed by atoms with Gasteiger partial charge in [0.05, 0.1) is 23.7 Å². The van der Waals surface area contributed by atoms with E-state index in [1.165, 1.54) is 0 Å². The van der Waals surface area contributed by atoms with E-state index in [2.05, 4.69) is 39.1 Å². The third-order valence-electron chi connectivity index (χ3n) is 7.57. The highest BCUT2D eigenvalue weighted by Crippen LogP contribution is 2.51. The van der Waals surface area contributed by atoms with Gasteiger partial charge in [-0.15, -0.1) is 0 Å². The van der Waals surface area contributed by atoms with Gasteiger partial charge in [0.2, 0.25) is 5.91 Å². The molecule has 8 nitrogen and oxygen atoms in total. The Balaban J connectivity index is 1.30. The number of aliphatic hydroxyl groups is 1. The minimum absolute atomic E-state index is 0.0282. The molecular formula is C21H29N5O3. The Bertz CT molecular complexity index is 998. The zero-order valence-electron chi connectivity index (χ0n) is 16.9. The van der Waals surface area contributed by atoms with Crippen molar-refractivity contribution in [3.63, 3.8) is 0 Å². The van der Waals surface area contributed by atoms with Gasteiger partial charge >= 0.3 is 5.69 Å². The lowest BCUT2D eigenvalue weighted by atomic mass is 9.64. The van der Waals surface area contributed by atoms with Crippen LogP contribution in [-0.4, -0.2) is 75.7 Å². The van der Waals surface area contributed by atoms with E-state index >= 15 is 0 Å². The molecule has 3 aliphatic rings. The van der Waals surface area contributed by atoms with Gasteiger partial charge in [-0.05, 0) is 50.4 Å². The first-order chi connectivity index (χ1) is 13.8. The zero-order valence-corrected chi connectivity index (χ0v) is 16.9. The lowest BCUT2D eigenvalue weighted by molar-refractivity contribution is -0.118. The van der Waals surface area contributed by atoms with Gasteiger partial charge in [-0.25, -0.2) is 4.79 Å². The molecule has 3 heterocycles. The molecule has 1 aliphatic carbocycles. The number of H-pyrrole nitrogens is 2. The number of fused-ring (bicyclic) bond motifs is 3. The number of amides is 1. The number of nitrogens with one attached hydrogen (secondary N) is 3. The van der Waals surface area contributed by atoms with Gasteiger partial charge in [0.1, 0.15) is 0 Å². The summed E-state index contributed by atoms with van der Waals surface area (Å²) in [4.78, 5) is 34.2. The quantitative estimate of drug-likeness (QED) is 0.615. The lowest BCUT2D eigenvalue weighted by Crippen LogP contribution is -2.53. The van der Waals surface area contributed by atoms with Crippen molar-refractivity contribution >= 4 is 22.6 Å². The molecule has 8 heteroatoms. The highest BCUT2D eigenvalue weighted by molar-refractivity contribution is 5.94. The molecule has 0 spiro atoms. The molecule has 1 aromatic carbocycles. The number of aromatic amines is 2. The Kier molecular flexibility index (Phi) is 4.34. The molecular weight excluding hydrogens is 370 g/mol. The minimum atomic E-state index is -0.313. The predicted octanol–water partition coefficient (Wildman–Crippen LogP) is 0.960. The molecule has 0 unspecified atom stereocenters. The van der Waals surface area contributed by atoms with Crippen molar-refractivity contribution < 1.29 is 9.90 Å². The van der Waals surface area contributed by atoms with Gasteiger partial charge in [0, 0.05) is 36.3 Å². The second-order valence-corrected chi connectivity index (χ2v) is 9.41. The van der Waals surface area contributed by atoms with Crippen LogP contribution < -0.4 is 11.0 Å². The molecule has 1 aromatic heterocycles. The summed E-state index contributed by atoms with van der Waals surface area (Å²) in [5.74, 6) is 0.146. The van der Waals surface area contributed by atoms with Crippen LogP contribution in [0.1, 0.15) is 26.2 Å². The topological polar surface area (TPSA) is 104 Å². The maximum atomic E-state index is 12.7. The van der Waals surface area contributed by atoms with Crippen molar-refractivity contribution in [1.29, 1.82) is 0 Å². The van der Waals surface area contributed by atoms with Crippen molar-refractivity contribution in [2.45, 2.75) is 44.4 Å². The number of likely N-dealkylation sites (tertiary alicyclic amines) is 2. The van der Waals surface area contributed by atoms with Gasteiger partial charge in [-0.1, -0.05) is 6.92 Å². The van der Waals surface area contributed by atoms with E-state index in [1.807, 2.05) is 0 Å². The SMILES string of the molecule is CN1[C@@H]2CN(CC(=O)Nc3ccc4[nH]c(=O)[nH]c4c3)C[C@@H]3CC[C@H]1[C@](C)(C2)[C@@H]3O. The number of likely N-dealkylation sites (N-methyl/N-ethyl adjacent to an activating group) is 1. The summed E-state index contributed by atoms with van der Waals surface area (Å²) in [6.07, 6.45) is 2.81. The number of imidazole rings is 1. The standard InChI is InChI=1S/C21H29N5O3/c1-21-8-14-10-26(9-12(19(21)28)3-6-17(21)25(14)2)11-18(27)22-13-4-5-15-16(7-13)24-20(29)23-15/h4-5,7,12,14,17,19,28H,3,6,8-11H2,1-2H3,(H,22,27)(H2,23,24,29)/t12-,14-,17-,19+,21-/m0/s1. The van der Waals surface area contributed by atoms with E-state index in [-0.39, 0.29) is 29.0 Å². The van der Waals surface area contributed by atoms with Crippen LogP contribution >= 0.6 is 0 Å². The van der Waals surface area contributed by atoms with E-state index in [4.69, 9.17) is 0 Å². The number of benzene rings is 1. The number of aromatic nitrogens is 2. The van der Waals surface area contributed by atoms with Crippen LogP contribution in [-0.2, 0) is 4.79 Å². The fourth-order valence-corrected chi connectivity index (χ4v) is 6.16. The normalized spacial score (nSPS) is 35.0. The average Bonchev–Trinajstić information content (AvgIpc) is 3.16. The largest absolute Gasteiger partial charge is 0.392 e. The van der Waals surface area contributed by atoms with E-state index in [1.54, 1.807) is 18.2 Å². The van der Waals surface area contributed by atoms with Crippen LogP contribution in [0.4, 0.5) is 5.69 Å². The smallest absolute Gasteiger partial charge is 0.323 e. The van der Waals surface area contributed by atoms with E-state index in [0.717, 1.165) is 32.4 Å². The number of rotatable bonds is 3. The summed E-state index contributed by atoms with van der Waals surface area (Å²) in [6, 6.07) is 6.14. The van der Waals surface area contributed by atoms with Crippen molar-refractivity contribution in [1.82, 2.24) is 19.8 Å². The molecule has 0 radical (unpaired) electrons. The van der Waals surface area contributed by atoms with Crippen LogP contribution in [0.15, 0.2) is 23.0 Å². The number of anilines is 1. The number of carbonyl (C=O) groups excluding carboxylic acids is 1. The second-order valence-electron chi connectivity index (χ2n) is 9.41. The second kappa shape index (κ2) is 6.68. The summed E-state index contributed by atoms with van der Waals surface area (Å²) in [7, 11) is 2.17. The minimum Gasteiger partial charge on any atom is -0.392 e. The van der Waals surface area contributed by atoms with Crippen molar-refractivity contribution in [2.24, 2.45) is 11.3 Å². The first-order valence-electron chi connectivity index (χ1n) is 10.5. The van der Waals surface area contributed by atoms with E-state index in [9.17, 15) is 14.7 Å². The monoisotopic (exact) mass is 399 g/mol. The molecule has 2 aromatic rings. The van der Waals surface area contributed by atoms with Gasteiger partial charge in [-0.3, -0.25) is 14.6 Å². The van der Waals surface area contributed by atoms with Crippen molar-refractivity contribution in [3.8, 4) is 0 Å². The molecule has 5 atom stereocenters. The summed E-state index contributed by atoms with van der Waals surface area (Å²) in [5.41, 5.74) is 1.76. The third kappa shape index (κ3) is 3.10. The molecule has 1 saturated carbocycles. The van der Waals surface area contributed by atoms with Crippen molar-refractivity contribution in [2.75, 3.05) is 32.0 Å². The number of hydrogen-bond donors (Lipinski definition) is 4. The molecule has 156 valence electrons. The predicted molar refractivity (Wildman–Crippen MR) is 111 cm³/mol. The van der Waals surface area contributed by atoms with Crippen LogP contribution in [0.25, 0.3) is 11.0 Å². The van der Waals surface area contributed by atoms with Crippen LogP contribution in [0.5, 0.6) is 0 Å². The molecule has 2 aliphatic heterocycles. The number of hydrogen-bond acceptors (Lipinski definition) is 5. The Labute approximate surface area is 169 Å². The Morgan fingerprint density at radius 3 is 2.90 bits per heavy atom. The number of nitrogens with zero attached hydrogens (tertiary/aromatic N) is 2. The fourth-order valence-electron chi connectivity index (χ4n) is 6.16. The highest BCUT2D eigenvalue weighted by Gasteiger charge is 2.57. The maximum absolute atomic E-state index is 12.7. The van der Waals surface area contributed by atoms with Gasteiger partial charge in [0.15, 0.2) is 0 Å². The van der Waals surface area contributed by atoms with Gasteiger partial charge < -0.3 is 20.4 Å². The summed E-state index contributed by atoms with van der Waals surface area (Å²) in [6.45, 7) is 4.15. The van der Waals surface area contributed by atoms with Gasteiger partial charge in [0.25, 0.3) is 0 Å². The van der Waals surface area contributed by atoms with Crippen molar-refractivity contribution in [3.05, 3.63) is 28.7 Å². The lowest BCUT2D eigenvalue weighted by Gasteiger charge is -2.47. The first kappa shape index (κ1) is 18.8. The third-order valence-corrected chi connectivity index (χ3v) is 7.57. The Hall–Kier alpha value is -2.16. The van der Waals surface area contributed by atoms with E-state index in [0.29, 0.717) is 35.3 Å². The van der Waals surface area contributed by atoms with E-state index < -0.39 is 0 Å².